The van der Waals surface area contributed by atoms with E-state index >= 15 is 0 Å². The van der Waals surface area contributed by atoms with E-state index in [9.17, 15) is 77.6 Å². The molecule has 0 spiro atoms. The predicted octanol–water partition coefficient (Wildman–Crippen LogP) is 1.37. The molecule has 1 aliphatic rings. The lowest BCUT2D eigenvalue weighted by molar-refractivity contribution is -0.846. The molecule has 5 amide bonds. The Morgan fingerprint density at radius 2 is 0.863 bits per heavy atom. The fourth-order valence-corrected chi connectivity index (χ4v) is 12.4. The summed E-state index contributed by atoms with van der Waals surface area (Å²) in [6.45, 7) is 16.8. The standard InChI is InChI=1S/C64H112N10O21/c1-13-60(14-2,42-92-52(9)80)65-56(84)21-23-66(26-29-70(46-75)61(15-3,16-4)43-93-53(10)81)32-35-74(50-78,34-22-64(73(39-59(89)90)49-91-51-79)40-68(37-57(85)86)24-25-69(41-64)38-58(87)88)36-33-67(27-30-71(47-76)62(17-5,18-6)44-94-54(11)82)28-31-72(48-77)63(19-7,20-8)45-95-55(12)83/h46-48,50-51H,13-45,49H2,1-12H3,(H3-,65,84,85,86,87,88,89,90)/p+1. The number of aliphatic carboxylic acids is 3. The second-order valence-electron chi connectivity index (χ2n) is 24.9. The van der Waals surface area contributed by atoms with E-state index < -0.39 is 106 Å². The first kappa shape index (κ1) is 86.1. The summed E-state index contributed by atoms with van der Waals surface area (Å²) in [5, 5.41) is 33.9. The van der Waals surface area contributed by atoms with Crippen LogP contribution in [0.2, 0.25) is 0 Å². The molecule has 4 N–H and O–H groups in total. The Balaban J connectivity index is 4.60. The van der Waals surface area contributed by atoms with Crippen molar-refractivity contribution in [2.75, 3.05) is 158 Å². The molecule has 0 aliphatic carbocycles. The van der Waals surface area contributed by atoms with Crippen LogP contribution in [0, 0.1) is 0 Å². The highest BCUT2D eigenvalue weighted by Crippen LogP contribution is 2.31. The van der Waals surface area contributed by atoms with Crippen molar-refractivity contribution in [3.8, 4) is 0 Å². The van der Waals surface area contributed by atoms with Crippen molar-refractivity contribution in [1.29, 1.82) is 0 Å². The number of esters is 4. The van der Waals surface area contributed by atoms with Gasteiger partial charge in [0.1, 0.15) is 33.2 Å². The van der Waals surface area contributed by atoms with Gasteiger partial charge in [0.2, 0.25) is 25.1 Å². The van der Waals surface area contributed by atoms with E-state index in [2.05, 4.69) is 5.32 Å². The predicted molar refractivity (Wildman–Crippen MR) is 347 cm³/mol. The number of rotatable bonds is 55. The molecule has 0 saturated carbocycles. The molecule has 1 heterocycles. The lowest BCUT2D eigenvalue weighted by Gasteiger charge is -2.47. The molecule has 1 atom stereocenters. The number of nitrogens with one attached hydrogen (secondary N) is 1. The van der Waals surface area contributed by atoms with Crippen molar-refractivity contribution < 1.29 is 106 Å². The van der Waals surface area contributed by atoms with Crippen molar-refractivity contribution in [2.45, 2.75) is 175 Å². The van der Waals surface area contributed by atoms with E-state index in [0.29, 0.717) is 70.6 Å². The quantitative estimate of drug-likeness (QED) is 0.0220. The highest BCUT2D eigenvalue weighted by molar-refractivity contribution is 5.77. The van der Waals surface area contributed by atoms with Gasteiger partial charge in [-0.1, -0.05) is 55.4 Å². The third-order valence-corrected chi connectivity index (χ3v) is 19.5. The zero-order valence-electron chi connectivity index (χ0n) is 58.6. The van der Waals surface area contributed by atoms with Crippen LogP contribution in [-0.2, 0) is 86.0 Å². The molecule has 0 radical (unpaired) electrons. The van der Waals surface area contributed by atoms with Crippen LogP contribution in [0.5, 0.6) is 0 Å². The Morgan fingerprint density at radius 1 is 0.495 bits per heavy atom. The van der Waals surface area contributed by atoms with E-state index in [0.717, 1.165) is 6.41 Å². The number of amides is 5. The number of hydrogen-bond donors (Lipinski definition) is 4. The van der Waals surface area contributed by atoms with Crippen molar-refractivity contribution >= 4 is 79.8 Å². The molecule has 0 aromatic rings. The summed E-state index contributed by atoms with van der Waals surface area (Å²) < 4.78 is 26.7. The van der Waals surface area contributed by atoms with Gasteiger partial charge >= 0.3 is 48.2 Å². The van der Waals surface area contributed by atoms with Gasteiger partial charge < -0.3 is 59.0 Å². The number of quaternary nitrogens is 1. The lowest BCUT2D eigenvalue weighted by Crippen LogP contribution is -2.64. The monoisotopic (exact) mass is 1360 g/mol. The topological polar surface area (TPSA) is 367 Å². The van der Waals surface area contributed by atoms with E-state index in [1.807, 2.05) is 65.2 Å². The van der Waals surface area contributed by atoms with Gasteiger partial charge in [-0.15, -0.1) is 0 Å². The van der Waals surface area contributed by atoms with Crippen LogP contribution in [0.4, 0.5) is 0 Å². The summed E-state index contributed by atoms with van der Waals surface area (Å²) in [5.41, 5.74) is -5.35. The maximum Gasteiger partial charge on any atom is 0.317 e. The van der Waals surface area contributed by atoms with Gasteiger partial charge in [-0.3, -0.25) is 86.5 Å². The number of carbonyl (C=O) groups is 13. The van der Waals surface area contributed by atoms with Crippen molar-refractivity contribution in [2.24, 2.45) is 0 Å². The number of ether oxygens (including phenoxy) is 5. The molecule has 1 saturated heterocycles. The summed E-state index contributed by atoms with van der Waals surface area (Å²) in [6.07, 6.45) is 5.54. The third kappa shape index (κ3) is 28.4. The van der Waals surface area contributed by atoms with Crippen molar-refractivity contribution in [3.05, 3.63) is 0 Å². The number of hydrogen-bond acceptors (Lipinski definition) is 23. The molecule has 0 aromatic carbocycles. The van der Waals surface area contributed by atoms with Crippen LogP contribution in [0.1, 0.15) is 147 Å². The third-order valence-electron chi connectivity index (χ3n) is 19.5. The fourth-order valence-electron chi connectivity index (χ4n) is 12.4. The minimum atomic E-state index is -1.58. The van der Waals surface area contributed by atoms with Crippen LogP contribution in [-0.4, -0.2) is 324 Å². The average molecular weight is 1360 g/mol. The van der Waals surface area contributed by atoms with Crippen LogP contribution in [0.15, 0.2) is 0 Å². The summed E-state index contributed by atoms with van der Waals surface area (Å²) >= 11 is 0. The molecular formula is C64H113N10O21+. The zero-order valence-corrected chi connectivity index (χ0v) is 58.6. The van der Waals surface area contributed by atoms with E-state index in [4.69, 9.17) is 23.7 Å². The highest BCUT2D eigenvalue weighted by atomic mass is 16.5. The Bertz CT molecular complexity index is 2370. The molecule has 544 valence electrons. The van der Waals surface area contributed by atoms with Crippen molar-refractivity contribution in [3.63, 3.8) is 0 Å². The maximum absolute atomic E-state index is 14.8. The minimum Gasteiger partial charge on any atom is -0.480 e. The Labute approximate surface area is 560 Å². The van der Waals surface area contributed by atoms with Crippen LogP contribution >= 0.6 is 0 Å². The van der Waals surface area contributed by atoms with Gasteiger partial charge in [0, 0.05) is 126 Å². The molecule has 1 aliphatic heterocycles. The van der Waals surface area contributed by atoms with Crippen LogP contribution in [0.25, 0.3) is 0 Å². The number of nitrogens with zero attached hydrogens (tertiary/aromatic N) is 9. The van der Waals surface area contributed by atoms with Gasteiger partial charge in [0.05, 0.1) is 67.0 Å². The molecule has 1 fully saturated rings. The summed E-state index contributed by atoms with van der Waals surface area (Å²) in [5.74, 6) is -6.46. The molecule has 1 unspecified atom stereocenters. The van der Waals surface area contributed by atoms with E-state index in [1.165, 1.54) is 42.4 Å². The molecule has 31 nitrogen and oxygen atoms in total. The number of carboxylic acid groups (broad SMARTS) is 3. The highest BCUT2D eigenvalue weighted by Gasteiger charge is 2.47. The summed E-state index contributed by atoms with van der Waals surface area (Å²) in [4.78, 5) is 180. The van der Waals surface area contributed by atoms with Gasteiger partial charge in [-0.05, 0) is 51.4 Å². The van der Waals surface area contributed by atoms with Gasteiger partial charge in [-0.2, -0.15) is 0 Å². The zero-order chi connectivity index (χ0) is 72.1. The van der Waals surface area contributed by atoms with E-state index in [-0.39, 0.29) is 150 Å². The normalized spacial score (nSPS) is 14.6. The Hall–Kier alpha value is -6.93. The largest absolute Gasteiger partial charge is 0.480 e. The molecule has 0 bridgehead atoms. The minimum absolute atomic E-state index is 0.0135. The first-order chi connectivity index (χ1) is 44.9. The van der Waals surface area contributed by atoms with Crippen LogP contribution < -0.4 is 5.32 Å². The van der Waals surface area contributed by atoms with E-state index in [1.54, 1.807) is 14.7 Å². The van der Waals surface area contributed by atoms with Gasteiger partial charge in [0.15, 0.2) is 0 Å². The summed E-state index contributed by atoms with van der Waals surface area (Å²) in [7, 11) is 0. The molecule has 95 heavy (non-hydrogen) atoms. The second-order valence-corrected chi connectivity index (χ2v) is 24.9. The van der Waals surface area contributed by atoms with Crippen LogP contribution in [0.3, 0.4) is 0 Å². The van der Waals surface area contributed by atoms with Gasteiger partial charge in [-0.25, -0.2) is 4.79 Å². The SMILES string of the molecule is CCC(CC)(COC(C)=O)NC(=O)CCN(CCN(C=O)C(CC)(CC)COC(C)=O)CC[N+](C=O)(CCN(CCN(C=O)C(CC)(CC)COC(C)=O)CCN(C=O)C(CC)(CC)COC(C)=O)CCC1(N(COC=O)CC(=O)O)CN(CC(=O)O)CCN(CC(=O)O)C1. The number of carbonyl (C=O) groups excluding carboxylic acids is 10. The average Bonchev–Trinajstić information content (AvgIpc) is 1.78. The van der Waals surface area contributed by atoms with Gasteiger partial charge in [0.25, 0.3) is 6.47 Å². The molecular weight excluding hydrogens is 1240 g/mol. The fraction of sp³-hybridized carbons (Fsp3) is 0.797. The first-order valence-electron chi connectivity index (χ1n) is 33.1. The smallest absolute Gasteiger partial charge is 0.317 e. The molecule has 31 heteroatoms. The maximum atomic E-state index is 14.8. The first-order valence-corrected chi connectivity index (χ1v) is 33.1. The lowest BCUT2D eigenvalue weighted by atomic mass is 9.90. The Kier molecular flexibility index (Phi) is 39.2. The second kappa shape index (κ2) is 43.3. The molecule has 1 rings (SSSR count). The molecule has 0 aromatic heterocycles. The Morgan fingerprint density at radius 3 is 1.17 bits per heavy atom. The number of carboxylic acids is 3. The van der Waals surface area contributed by atoms with Crippen molar-refractivity contribution in [1.82, 2.24) is 44.5 Å². The summed E-state index contributed by atoms with van der Waals surface area (Å²) in [6, 6.07) is 0.